The molecule has 2 aromatic carbocycles. The molecule has 0 saturated carbocycles. The van der Waals surface area contributed by atoms with Crippen LogP contribution in [0.2, 0.25) is 0 Å². The van der Waals surface area contributed by atoms with E-state index in [4.69, 9.17) is 0 Å². The maximum Gasteiger partial charge on any atom is 0.0429 e. The Bertz CT molecular complexity index is 702. The van der Waals surface area contributed by atoms with E-state index < -0.39 is 0 Å². The number of hydrogen-bond acceptors (Lipinski definition) is 4. The van der Waals surface area contributed by atoms with Crippen molar-refractivity contribution in [1.29, 1.82) is 0 Å². The molecule has 0 aliphatic rings. The molecule has 4 nitrogen and oxygen atoms in total. The van der Waals surface area contributed by atoms with Crippen LogP contribution in [0.1, 0.15) is 63.5 Å². The van der Waals surface area contributed by atoms with E-state index in [9.17, 15) is 0 Å². The molecule has 0 atom stereocenters. The number of unbranched alkanes of at least 4 members (excludes halogenated alkanes) is 3. The van der Waals surface area contributed by atoms with Gasteiger partial charge in [-0.25, -0.2) is 0 Å². The second-order valence-corrected chi connectivity index (χ2v) is 7.51. The summed E-state index contributed by atoms with van der Waals surface area (Å²) in [4.78, 5) is 9.23. The zero-order chi connectivity index (χ0) is 21.3. The number of para-hydroxylation sites is 2. The number of nitrogens with zero attached hydrogens (tertiary/aromatic N) is 2. The predicted octanol–water partition coefficient (Wildman–Crippen LogP) is 6.43. The summed E-state index contributed by atoms with van der Waals surface area (Å²) in [6.45, 7) is 8.12. The Kier molecular flexibility index (Phi) is 12.0. The summed E-state index contributed by atoms with van der Waals surface area (Å²) in [6, 6.07) is 16.8. The van der Waals surface area contributed by atoms with Crippen molar-refractivity contribution in [2.75, 3.05) is 36.8 Å². The largest absolute Gasteiger partial charge is 0.385 e. The normalized spacial score (nSPS) is 11.4. The molecule has 0 spiro atoms. The van der Waals surface area contributed by atoms with Crippen LogP contribution in [0.3, 0.4) is 0 Å². The molecule has 30 heavy (non-hydrogen) atoms. The molecule has 0 heterocycles. The van der Waals surface area contributed by atoms with Crippen LogP contribution in [0, 0.1) is 0 Å². The van der Waals surface area contributed by atoms with Crippen LogP contribution in [-0.4, -0.2) is 38.6 Å². The fourth-order valence-electron chi connectivity index (χ4n) is 3.07. The lowest BCUT2D eigenvalue weighted by molar-refractivity contribution is 0.760. The van der Waals surface area contributed by atoms with E-state index in [1.807, 2.05) is 12.4 Å². The van der Waals surface area contributed by atoms with Crippen molar-refractivity contribution < 1.29 is 0 Å². The molecule has 0 radical (unpaired) electrons. The van der Waals surface area contributed by atoms with Crippen LogP contribution < -0.4 is 10.6 Å². The lowest BCUT2D eigenvalue weighted by atomic mass is 10.2. The van der Waals surface area contributed by atoms with Gasteiger partial charge < -0.3 is 10.6 Å². The molecule has 0 aliphatic carbocycles. The zero-order valence-corrected chi connectivity index (χ0v) is 18.7. The van der Waals surface area contributed by atoms with Crippen molar-refractivity contribution in [2.45, 2.75) is 52.4 Å². The molecule has 162 valence electrons. The lowest BCUT2D eigenvalue weighted by Crippen LogP contribution is -2.03. The fourth-order valence-corrected chi connectivity index (χ4v) is 3.07. The predicted molar refractivity (Wildman–Crippen MR) is 134 cm³/mol. The Morgan fingerprint density at radius 1 is 0.633 bits per heavy atom. The summed E-state index contributed by atoms with van der Waals surface area (Å²) >= 11 is 0. The third-order valence-corrected chi connectivity index (χ3v) is 4.90. The first kappa shape index (κ1) is 23.7. The smallest absolute Gasteiger partial charge is 0.0429 e. The van der Waals surface area contributed by atoms with Gasteiger partial charge in [0, 0.05) is 61.1 Å². The molecule has 0 amide bonds. The van der Waals surface area contributed by atoms with Crippen LogP contribution in [0.4, 0.5) is 11.4 Å². The maximum absolute atomic E-state index is 4.62. The summed E-state index contributed by atoms with van der Waals surface area (Å²) in [5.41, 5.74) is 4.67. The standard InChI is InChI=1S/C26H38N4/c1-3-5-19-29-25-15-9-7-13-23(25)21-27-17-11-12-18-28-22-24-14-8-10-16-26(24)30-20-6-4-2/h7-10,13-16,21-22,29-30H,3-6,11-12,17-20H2,1-2H3. The molecular weight excluding hydrogens is 368 g/mol. The van der Waals surface area contributed by atoms with Crippen molar-refractivity contribution in [3.05, 3.63) is 59.7 Å². The van der Waals surface area contributed by atoms with Gasteiger partial charge in [-0.05, 0) is 37.8 Å². The monoisotopic (exact) mass is 406 g/mol. The van der Waals surface area contributed by atoms with Gasteiger partial charge in [-0.2, -0.15) is 0 Å². The lowest BCUT2D eigenvalue weighted by Gasteiger charge is -2.08. The average Bonchev–Trinajstić information content (AvgIpc) is 2.78. The second-order valence-electron chi connectivity index (χ2n) is 7.51. The molecule has 2 aromatic rings. The van der Waals surface area contributed by atoms with E-state index in [0.717, 1.165) is 39.0 Å². The molecular formula is C26H38N4. The van der Waals surface area contributed by atoms with E-state index in [1.165, 1.54) is 48.2 Å². The van der Waals surface area contributed by atoms with Gasteiger partial charge in [0.25, 0.3) is 0 Å². The number of rotatable bonds is 15. The molecule has 0 unspecified atom stereocenters. The number of nitrogens with one attached hydrogen (secondary N) is 2. The topological polar surface area (TPSA) is 48.8 Å². The van der Waals surface area contributed by atoms with E-state index in [0.29, 0.717) is 0 Å². The zero-order valence-electron chi connectivity index (χ0n) is 18.7. The van der Waals surface area contributed by atoms with Gasteiger partial charge >= 0.3 is 0 Å². The Morgan fingerprint density at radius 2 is 1.07 bits per heavy atom. The third kappa shape index (κ3) is 9.25. The average molecular weight is 407 g/mol. The minimum Gasteiger partial charge on any atom is -0.385 e. The van der Waals surface area contributed by atoms with Crippen molar-refractivity contribution in [1.82, 2.24) is 0 Å². The Balaban J connectivity index is 1.70. The minimum atomic E-state index is 0.841. The molecule has 0 fully saturated rings. The fraction of sp³-hybridized carbons (Fsp3) is 0.462. The highest BCUT2D eigenvalue weighted by Gasteiger charge is 1.99. The molecule has 2 rings (SSSR count). The summed E-state index contributed by atoms with van der Waals surface area (Å²) < 4.78 is 0. The first-order valence-electron chi connectivity index (χ1n) is 11.5. The second kappa shape index (κ2) is 15.3. The SMILES string of the molecule is CCCCNc1ccccc1C=NCCCCN=Cc1ccccc1NCCCC. The summed E-state index contributed by atoms with van der Waals surface area (Å²) in [6.07, 6.45) is 10.9. The van der Waals surface area contributed by atoms with Crippen LogP contribution in [0.15, 0.2) is 58.5 Å². The van der Waals surface area contributed by atoms with Crippen molar-refractivity contribution in [3.8, 4) is 0 Å². The van der Waals surface area contributed by atoms with E-state index in [1.54, 1.807) is 0 Å². The highest BCUT2D eigenvalue weighted by molar-refractivity contribution is 5.88. The molecule has 0 aliphatic heterocycles. The molecule has 0 aromatic heterocycles. The van der Waals surface area contributed by atoms with E-state index in [2.05, 4.69) is 83.0 Å². The summed E-state index contributed by atoms with van der Waals surface area (Å²) in [5, 5.41) is 7.01. The van der Waals surface area contributed by atoms with Crippen molar-refractivity contribution >= 4 is 23.8 Å². The Morgan fingerprint density at radius 3 is 1.50 bits per heavy atom. The van der Waals surface area contributed by atoms with Crippen molar-refractivity contribution in [2.24, 2.45) is 9.98 Å². The van der Waals surface area contributed by atoms with Crippen LogP contribution >= 0.6 is 0 Å². The third-order valence-electron chi connectivity index (χ3n) is 4.90. The first-order valence-corrected chi connectivity index (χ1v) is 11.5. The summed E-state index contributed by atoms with van der Waals surface area (Å²) in [7, 11) is 0. The molecule has 0 bridgehead atoms. The Hall–Kier alpha value is -2.62. The van der Waals surface area contributed by atoms with Crippen LogP contribution in [-0.2, 0) is 0 Å². The number of anilines is 2. The van der Waals surface area contributed by atoms with Gasteiger partial charge in [-0.3, -0.25) is 9.98 Å². The molecule has 0 saturated heterocycles. The summed E-state index contributed by atoms with van der Waals surface area (Å²) in [5.74, 6) is 0. The van der Waals surface area contributed by atoms with E-state index in [-0.39, 0.29) is 0 Å². The van der Waals surface area contributed by atoms with Gasteiger partial charge in [-0.1, -0.05) is 63.1 Å². The van der Waals surface area contributed by atoms with Crippen LogP contribution in [0.25, 0.3) is 0 Å². The number of aliphatic imine (C=N–C) groups is 2. The number of hydrogen-bond donors (Lipinski definition) is 2. The molecule has 4 heteroatoms. The highest BCUT2D eigenvalue weighted by Crippen LogP contribution is 2.14. The van der Waals surface area contributed by atoms with Gasteiger partial charge in [0.05, 0.1) is 0 Å². The van der Waals surface area contributed by atoms with E-state index >= 15 is 0 Å². The Labute approximate surface area is 182 Å². The number of benzene rings is 2. The highest BCUT2D eigenvalue weighted by atomic mass is 14.9. The van der Waals surface area contributed by atoms with Gasteiger partial charge in [-0.15, -0.1) is 0 Å². The maximum atomic E-state index is 4.62. The van der Waals surface area contributed by atoms with Gasteiger partial charge in [0.15, 0.2) is 0 Å². The van der Waals surface area contributed by atoms with Gasteiger partial charge in [0.1, 0.15) is 0 Å². The van der Waals surface area contributed by atoms with Gasteiger partial charge in [0.2, 0.25) is 0 Å². The minimum absolute atomic E-state index is 0.841. The first-order chi connectivity index (χ1) is 14.8. The van der Waals surface area contributed by atoms with Crippen LogP contribution in [0.5, 0.6) is 0 Å². The quantitative estimate of drug-likeness (QED) is 0.264. The van der Waals surface area contributed by atoms with Crippen molar-refractivity contribution in [3.63, 3.8) is 0 Å². The molecule has 2 N–H and O–H groups in total.